The molecular weight excluding hydrogens is 240 g/mol. The number of nitrogens with zero attached hydrogens (tertiary/aromatic N) is 1. The summed E-state index contributed by atoms with van der Waals surface area (Å²) in [6, 6.07) is 10.8. The average molecular weight is 260 g/mol. The van der Waals surface area contributed by atoms with Crippen LogP contribution in [0.4, 0.5) is 5.69 Å². The van der Waals surface area contributed by atoms with Crippen LogP contribution in [0.2, 0.25) is 0 Å². The molecule has 0 aliphatic carbocycles. The maximum atomic E-state index is 5.71. The van der Waals surface area contributed by atoms with Gasteiger partial charge in [0.1, 0.15) is 0 Å². The van der Waals surface area contributed by atoms with Gasteiger partial charge in [-0.15, -0.1) is 11.3 Å². The molecule has 0 saturated carbocycles. The second kappa shape index (κ2) is 6.03. The van der Waals surface area contributed by atoms with Crippen molar-refractivity contribution >= 4 is 17.0 Å². The molecule has 96 valence electrons. The minimum absolute atomic E-state index is 0.614. The van der Waals surface area contributed by atoms with Gasteiger partial charge in [0.25, 0.3) is 0 Å². The number of thiophene rings is 1. The van der Waals surface area contributed by atoms with E-state index in [1.54, 1.807) is 0 Å². The van der Waals surface area contributed by atoms with E-state index in [9.17, 15) is 0 Å². The fourth-order valence-corrected chi connectivity index (χ4v) is 2.80. The summed E-state index contributed by atoms with van der Waals surface area (Å²) in [6.45, 7) is 6.93. The highest BCUT2D eigenvalue weighted by atomic mass is 32.1. The van der Waals surface area contributed by atoms with Crippen LogP contribution in [0.15, 0.2) is 35.7 Å². The molecule has 0 amide bonds. The second-order valence-corrected chi connectivity index (χ2v) is 5.44. The van der Waals surface area contributed by atoms with E-state index in [0.29, 0.717) is 6.54 Å². The summed E-state index contributed by atoms with van der Waals surface area (Å²) in [7, 11) is 0. The largest absolute Gasteiger partial charge is 0.367 e. The Labute approximate surface area is 113 Å². The molecule has 3 heteroatoms. The highest BCUT2D eigenvalue weighted by molar-refractivity contribution is 7.09. The van der Waals surface area contributed by atoms with Crippen LogP contribution in [0, 0.1) is 6.92 Å². The van der Waals surface area contributed by atoms with E-state index in [1.165, 1.54) is 21.7 Å². The van der Waals surface area contributed by atoms with Crippen molar-refractivity contribution in [2.45, 2.75) is 26.9 Å². The third kappa shape index (κ3) is 2.92. The summed E-state index contributed by atoms with van der Waals surface area (Å²) in [5.41, 5.74) is 9.49. The molecule has 0 unspecified atom stereocenters. The van der Waals surface area contributed by atoms with Crippen LogP contribution < -0.4 is 10.6 Å². The fourth-order valence-electron chi connectivity index (χ4n) is 2.08. The van der Waals surface area contributed by atoms with Crippen molar-refractivity contribution in [2.24, 2.45) is 5.73 Å². The Morgan fingerprint density at radius 3 is 2.67 bits per heavy atom. The molecule has 0 spiro atoms. The van der Waals surface area contributed by atoms with Gasteiger partial charge in [-0.1, -0.05) is 12.1 Å². The molecular formula is C15H20N2S. The summed E-state index contributed by atoms with van der Waals surface area (Å²) in [6.07, 6.45) is 0. The molecule has 1 aromatic heterocycles. The predicted molar refractivity (Wildman–Crippen MR) is 80.1 cm³/mol. The van der Waals surface area contributed by atoms with Gasteiger partial charge in [0.05, 0.1) is 6.54 Å². The molecule has 1 aromatic carbocycles. The smallest absolute Gasteiger partial charge is 0.0522 e. The van der Waals surface area contributed by atoms with Crippen LogP contribution in [-0.2, 0) is 13.1 Å². The molecule has 0 saturated heterocycles. The molecule has 2 rings (SSSR count). The van der Waals surface area contributed by atoms with Gasteiger partial charge in [0.2, 0.25) is 0 Å². The topological polar surface area (TPSA) is 29.3 Å². The van der Waals surface area contributed by atoms with Crippen LogP contribution in [0.5, 0.6) is 0 Å². The average Bonchev–Trinajstić information content (AvgIpc) is 2.88. The van der Waals surface area contributed by atoms with Crippen molar-refractivity contribution in [3.63, 3.8) is 0 Å². The van der Waals surface area contributed by atoms with Crippen molar-refractivity contribution in [2.75, 3.05) is 11.4 Å². The number of rotatable bonds is 5. The fraction of sp³-hybridized carbons (Fsp3) is 0.333. The molecule has 18 heavy (non-hydrogen) atoms. The van der Waals surface area contributed by atoms with E-state index < -0.39 is 0 Å². The minimum Gasteiger partial charge on any atom is -0.367 e. The second-order valence-electron chi connectivity index (χ2n) is 4.41. The van der Waals surface area contributed by atoms with Crippen LogP contribution in [0.3, 0.4) is 0 Å². The van der Waals surface area contributed by atoms with Gasteiger partial charge in [-0.05, 0) is 48.6 Å². The van der Waals surface area contributed by atoms with E-state index in [1.807, 2.05) is 11.3 Å². The first-order chi connectivity index (χ1) is 8.74. The maximum absolute atomic E-state index is 5.71. The Morgan fingerprint density at radius 2 is 2.11 bits per heavy atom. The number of aryl methyl sites for hydroxylation is 1. The van der Waals surface area contributed by atoms with Gasteiger partial charge in [0.15, 0.2) is 0 Å². The standard InChI is InChI=1S/C15H20N2S/c1-3-17(11-15-5-4-8-18-15)14-7-6-13(10-16)12(2)9-14/h4-9H,3,10-11,16H2,1-2H3. The van der Waals surface area contributed by atoms with Crippen molar-refractivity contribution < 1.29 is 0 Å². The normalized spacial score (nSPS) is 10.6. The lowest BCUT2D eigenvalue weighted by molar-refractivity contribution is 0.840. The van der Waals surface area contributed by atoms with Gasteiger partial charge in [-0.2, -0.15) is 0 Å². The molecule has 2 N–H and O–H groups in total. The molecule has 0 aliphatic rings. The SMILES string of the molecule is CCN(Cc1cccs1)c1ccc(CN)c(C)c1. The summed E-state index contributed by atoms with van der Waals surface area (Å²) < 4.78 is 0. The van der Waals surface area contributed by atoms with Crippen LogP contribution >= 0.6 is 11.3 Å². The number of anilines is 1. The Bertz CT molecular complexity index is 491. The van der Waals surface area contributed by atoms with E-state index >= 15 is 0 Å². The van der Waals surface area contributed by atoms with Gasteiger partial charge in [-0.25, -0.2) is 0 Å². The van der Waals surface area contributed by atoms with Gasteiger partial charge < -0.3 is 10.6 Å². The van der Waals surface area contributed by atoms with E-state index in [2.05, 4.69) is 54.5 Å². The van der Waals surface area contributed by atoms with Crippen LogP contribution in [-0.4, -0.2) is 6.54 Å². The predicted octanol–water partition coefficient (Wildman–Crippen LogP) is 3.54. The maximum Gasteiger partial charge on any atom is 0.0522 e. The molecule has 0 aliphatic heterocycles. The quantitative estimate of drug-likeness (QED) is 0.891. The summed E-state index contributed by atoms with van der Waals surface area (Å²) in [5.74, 6) is 0. The first kappa shape index (κ1) is 13.1. The molecule has 0 atom stereocenters. The van der Waals surface area contributed by atoms with E-state index in [4.69, 9.17) is 5.73 Å². The zero-order chi connectivity index (χ0) is 13.0. The van der Waals surface area contributed by atoms with Crippen molar-refractivity contribution in [3.05, 3.63) is 51.7 Å². The summed E-state index contributed by atoms with van der Waals surface area (Å²) in [5, 5.41) is 2.13. The first-order valence-electron chi connectivity index (χ1n) is 6.31. The Balaban J connectivity index is 2.19. The molecule has 2 nitrogen and oxygen atoms in total. The molecule has 0 fully saturated rings. The zero-order valence-electron chi connectivity index (χ0n) is 11.0. The van der Waals surface area contributed by atoms with Crippen molar-refractivity contribution in [3.8, 4) is 0 Å². The van der Waals surface area contributed by atoms with Gasteiger partial charge >= 0.3 is 0 Å². The third-order valence-corrected chi connectivity index (χ3v) is 4.08. The molecule has 0 radical (unpaired) electrons. The lowest BCUT2D eigenvalue weighted by atomic mass is 10.1. The number of hydrogen-bond donors (Lipinski definition) is 1. The lowest BCUT2D eigenvalue weighted by Gasteiger charge is -2.23. The van der Waals surface area contributed by atoms with E-state index in [-0.39, 0.29) is 0 Å². The van der Waals surface area contributed by atoms with Crippen molar-refractivity contribution in [1.82, 2.24) is 0 Å². The van der Waals surface area contributed by atoms with Crippen molar-refractivity contribution in [1.29, 1.82) is 0 Å². The van der Waals surface area contributed by atoms with Crippen LogP contribution in [0.1, 0.15) is 22.9 Å². The monoisotopic (exact) mass is 260 g/mol. The lowest BCUT2D eigenvalue weighted by Crippen LogP contribution is -2.21. The van der Waals surface area contributed by atoms with E-state index in [0.717, 1.165) is 13.1 Å². The molecule has 1 heterocycles. The highest BCUT2D eigenvalue weighted by Gasteiger charge is 2.07. The first-order valence-corrected chi connectivity index (χ1v) is 7.19. The number of hydrogen-bond acceptors (Lipinski definition) is 3. The summed E-state index contributed by atoms with van der Waals surface area (Å²) >= 11 is 1.81. The third-order valence-electron chi connectivity index (χ3n) is 3.22. The number of nitrogens with two attached hydrogens (primary N) is 1. The minimum atomic E-state index is 0.614. The number of benzene rings is 1. The Morgan fingerprint density at radius 1 is 1.28 bits per heavy atom. The van der Waals surface area contributed by atoms with Crippen LogP contribution in [0.25, 0.3) is 0 Å². The van der Waals surface area contributed by atoms with Gasteiger partial charge in [-0.3, -0.25) is 0 Å². The van der Waals surface area contributed by atoms with Gasteiger partial charge in [0, 0.05) is 23.7 Å². The Kier molecular flexibility index (Phi) is 4.39. The molecule has 2 aromatic rings. The Hall–Kier alpha value is -1.32. The zero-order valence-corrected chi connectivity index (χ0v) is 11.8. The highest BCUT2D eigenvalue weighted by Crippen LogP contribution is 2.22. The molecule has 0 bridgehead atoms. The summed E-state index contributed by atoms with van der Waals surface area (Å²) in [4.78, 5) is 3.79.